The Labute approximate surface area is 183 Å². The summed E-state index contributed by atoms with van der Waals surface area (Å²) < 4.78 is 40.9. The molecule has 0 bridgehead atoms. The van der Waals surface area contributed by atoms with Crippen molar-refractivity contribution >= 4 is 0 Å². The van der Waals surface area contributed by atoms with Gasteiger partial charge in [-0.05, 0) is 92.7 Å². The van der Waals surface area contributed by atoms with E-state index in [4.69, 9.17) is 5.26 Å². The molecule has 31 heavy (non-hydrogen) atoms. The van der Waals surface area contributed by atoms with Gasteiger partial charge in [-0.25, -0.2) is 0 Å². The van der Waals surface area contributed by atoms with Crippen molar-refractivity contribution in [2.45, 2.75) is 63.6 Å². The van der Waals surface area contributed by atoms with Crippen LogP contribution in [-0.2, 0) is 0 Å². The van der Waals surface area contributed by atoms with Gasteiger partial charge in [-0.15, -0.1) is 13.2 Å². The first-order chi connectivity index (χ1) is 14.9. The van der Waals surface area contributed by atoms with Gasteiger partial charge in [0.25, 0.3) is 0 Å². The third kappa shape index (κ3) is 7.02. The molecule has 2 aliphatic rings. The Kier molecular flexibility index (Phi) is 8.01. The van der Waals surface area contributed by atoms with Crippen molar-refractivity contribution in [3.63, 3.8) is 0 Å². The van der Waals surface area contributed by atoms with E-state index in [-0.39, 0.29) is 5.75 Å². The SMILES string of the molecule is C=C(C1CCC(C=CC=CC#N)CC1)C1CCC(c2ccc(OC(F)(F)F)cc2)CC1. The van der Waals surface area contributed by atoms with E-state index in [1.54, 1.807) is 18.2 Å². The van der Waals surface area contributed by atoms with E-state index in [1.165, 1.54) is 49.5 Å². The van der Waals surface area contributed by atoms with Gasteiger partial charge < -0.3 is 4.74 Å². The van der Waals surface area contributed by atoms with Gasteiger partial charge in [-0.1, -0.05) is 42.5 Å². The van der Waals surface area contributed by atoms with Crippen LogP contribution in [-0.4, -0.2) is 6.36 Å². The zero-order chi connectivity index (χ0) is 22.3. The second-order valence-corrected chi connectivity index (χ2v) is 8.73. The highest BCUT2D eigenvalue weighted by Crippen LogP contribution is 2.44. The van der Waals surface area contributed by atoms with Crippen molar-refractivity contribution in [2.24, 2.45) is 17.8 Å². The van der Waals surface area contributed by atoms with E-state index in [0.717, 1.165) is 31.2 Å². The summed E-state index contributed by atoms with van der Waals surface area (Å²) in [7, 11) is 0. The normalized spacial score (nSPS) is 27.3. The fourth-order valence-corrected chi connectivity index (χ4v) is 5.07. The van der Waals surface area contributed by atoms with Crippen molar-refractivity contribution in [3.05, 3.63) is 66.3 Å². The van der Waals surface area contributed by atoms with Crippen molar-refractivity contribution < 1.29 is 17.9 Å². The number of alkyl halides is 3. The van der Waals surface area contributed by atoms with E-state index in [2.05, 4.69) is 17.4 Å². The Hall–Kier alpha value is -2.48. The van der Waals surface area contributed by atoms with Crippen LogP contribution in [0.3, 0.4) is 0 Å². The first-order valence-corrected chi connectivity index (χ1v) is 11.1. The quantitative estimate of drug-likeness (QED) is 0.262. The smallest absolute Gasteiger partial charge is 0.406 e. The molecule has 0 N–H and O–H groups in total. The number of rotatable bonds is 6. The van der Waals surface area contributed by atoms with Crippen molar-refractivity contribution in [3.8, 4) is 11.8 Å². The average molecular weight is 430 g/mol. The molecule has 0 saturated heterocycles. The highest BCUT2D eigenvalue weighted by Gasteiger charge is 2.32. The first-order valence-electron chi connectivity index (χ1n) is 11.1. The molecule has 0 amide bonds. The van der Waals surface area contributed by atoms with E-state index in [9.17, 15) is 13.2 Å². The Bertz CT molecular complexity index is 816. The lowest BCUT2D eigenvalue weighted by atomic mass is 9.70. The minimum absolute atomic E-state index is 0.162. The molecule has 3 rings (SSSR count). The summed E-state index contributed by atoms with van der Waals surface area (Å²) in [5.41, 5.74) is 2.50. The van der Waals surface area contributed by atoms with Crippen molar-refractivity contribution in [2.75, 3.05) is 0 Å². The molecule has 2 saturated carbocycles. The molecular formula is C26H30F3NO. The van der Waals surface area contributed by atoms with Crippen LogP contribution in [0.2, 0.25) is 0 Å². The number of hydrogen-bond acceptors (Lipinski definition) is 2. The molecule has 2 fully saturated rings. The first kappa shape index (κ1) is 23.2. The Morgan fingerprint density at radius 2 is 1.52 bits per heavy atom. The van der Waals surface area contributed by atoms with Gasteiger partial charge in [0.15, 0.2) is 0 Å². The number of benzene rings is 1. The van der Waals surface area contributed by atoms with Gasteiger partial charge in [0.05, 0.1) is 6.07 Å². The number of nitriles is 1. The summed E-state index contributed by atoms with van der Waals surface area (Å²) in [5.74, 6) is 1.97. The highest BCUT2D eigenvalue weighted by atomic mass is 19.4. The average Bonchev–Trinajstić information content (AvgIpc) is 2.76. The fraction of sp³-hybridized carbons (Fsp3) is 0.500. The highest BCUT2D eigenvalue weighted by molar-refractivity contribution is 5.30. The number of halogens is 3. The van der Waals surface area contributed by atoms with Gasteiger partial charge >= 0.3 is 6.36 Å². The lowest BCUT2D eigenvalue weighted by Crippen LogP contribution is -2.22. The molecule has 0 radical (unpaired) electrons. The maximum atomic E-state index is 12.3. The third-order valence-corrected chi connectivity index (χ3v) is 6.80. The second-order valence-electron chi connectivity index (χ2n) is 8.73. The minimum atomic E-state index is -4.65. The van der Waals surface area contributed by atoms with Gasteiger partial charge in [0, 0.05) is 6.08 Å². The Balaban J connectivity index is 1.44. The molecule has 1 aromatic rings. The second kappa shape index (κ2) is 10.7. The molecule has 0 unspecified atom stereocenters. The lowest BCUT2D eigenvalue weighted by Gasteiger charge is -2.36. The van der Waals surface area contributed by atoms with Crippen molar-refractivity contribution in [1.82, 2.24) is 0 Å². The molecule has 0 aliphatic heterocycles. The van der Waals surface area contributed by atoms with Crippen LogP contribution in [0.1, 0.15) is 62.8 Å². The van der Waals surface area contributed by atoms with Gasteiger partial charge in [0.1, 0.15) is 5.75 Å². The number of hydrogen-bond donors (Lipinski definition) is 0. The Morgan fingerprint density at radius 1 is 0.935 bits per heavy atom. The summed E-state index contributed by atoms with van der Waals surface area (Å²) in [6, 6.07) is 8.36. The third-order valence-electron chi connectivity index (χ3n) is 6.80. The molecule has 0 aromatic heterocycles. The summed E-state index contributed by atoms with van der Waals surface area (Å²) in [6.45, 7) is 4.47. The molecule has 2 aliphatic carbocycles. The summed E-state index contributed by atoms with van der Waals surface area (Å²) >= 11 is 0. The predicted molar refractivity (Wildman–Crippen MR) is 116 cm³/mol. The standard InChI is InChI=1S/C26H30F3NO/c1-19(21-8-6-20(7-9-21)5-3-2-4-18-30)22-10-12-23(13-11-22)24-14-16-25(17-15-24)31-26(27,28)29/h2-5,14-17,20-23H,1,6-13H2. The van der Waals surface area contributed by atoms with Crippen LogP contribution in [0, 0.1) is 29.1 Å². The van der Waals surface area contributed by atoms with Crippen LogP contribution >= 0.6 is 0 Å². The molecule has 5 heteroatoms. The number of allylic oxidation sites excluding steroid dienone is 5. The van der Waals surface area contributed by atoms with E-state index in [0.29, 0.717) is 23.7 Å². The molecule has 0 atom stereocenters. The van der Waals surface area contributed by atoms with Crippen LogP contribution < -0.4 is 4.74 Å². The summed E-state index contributed by atoms with van der Waals surface area (Å²) in [5, 5.41) is 8.53. The fourth-order valence-electron chi connectivity index (χ4n) is 5.07. The monoisotopic (exact) mass is 429 g/mol. The van der Waals surface area contributed by atoms with Gasteiger partial charge in [-0.3, -0.25) is 0 Å². The minimum Gasteiger partial charge on any atom is -0.406 e. The molecule has 0 heterocycles. The summed E-state index contributed by atoms with van der Waals surface area (Å²) in [4.78, 5) is 0. The van der Waals surface area contributed by atoms with E-state index < -0.39 is 6.36 Å². The van der Waals surface area contributed by atoms with E-state index in [1.807, 2.05) is 12.1 Å². The molecule has 2 nitrogen and oxygen atoms in total. The van der Waals surface area contributed by atoms with Crippen molar-refractivity contribution in [1.29, 1.82) is 5.26 Å². The maximum absolute atomic E-state index is 12.3. The lowest BCUT2D eigenvalue weighted by molar-refractivity contribution is -0.274. The predicted octanol–water partition coefficient (Wildman–Crippen LogP) is 7.86. The number of nitrogens with zero attached hydrogens (tertiary/aromatic N) is 1. The van der Waals surface area contributed by atoms with Crippen LogP contribution in [0.5, 0.6) is 5.75 Å². The molecule has 166 valence electrons. The van der Waals surface area contributed by atoms with Gasteiger partial charge in [0.2, 0.25) is 0 Å². The topological polar surface area (TPSA) is 33.0 Å². The van der Waals surface area contributed by atoms with E-state index >= 15 is 0 Å². The molecular weight excluding hydrogens is 399 g/mol. The van der Waals surface area contributed by atoms with Crippen LogP contribution in [0.15, 0.2) is 60.7 Å². The zero-order valence-electron chi connectivity index (χ0n) is 17.8. The Morgan fingerprint density at radius 3 is 2.06 bits per heavy atom. The largest absolute Gasteiger partial charge is 0.573 e. The van der Waals surface area contributed by atoms with Crippen LogP contribution in [0.25, 0.3) is 0 Å². The molecule has 0 spiro atoms. The van der Waals surface area contributed by atoms with Crippen LogP contribution in [0.4, 0.5) is 13.2 Å². The van der Waals surface area contributed by atoms with Gasteiger partial charge in [-0.2, -0.15) is 5.26 Å². The number of ether oxygens (including phenoxy) is 1. The zero-order valence-corrected chi connectivity index (χ0v) is 17.8. The molecule has 1 aromatic carbocycles. The maximum Gasteiger partial charge on any atom is 0.573 e. The summed E-state index contributed by atoms with van der Waals surface area (Å²) in [6.07, 6.45) is 11.8.